The van der Waals surface area contributed by atoms with Crippen LogP contribution in [0, 0.1) is 17.8 Å². The molecule has 4 fully saturated rings. The summed E-state index contributed by atoms with van der Waals surface area (Å²) in [5, 5.41) is 68.6. The SMILES string of the molecule is CC[C@H]1OC(=O)[C@H](C)[C@@H](O[C@H]2C[C@@](C)(OC)[C@@H](O)[C@H](C)O2)[C@H](C)[C@@H](O[C@@H]2O[C@H](C)C[C@H](N(C)CCc3cn([C@@H](CF)[C@H](OC)c4ccc(C5CCS(=O)(=O)C5)cc4)nn3)[C@H]2O)[C@](C)(O)C[C@@H](C)CN(C)[C@H](C)[C@@H](O)[C@]1(C)O. The van der Waals surface area contributed by atoms with Gasteiger partial charge < -0.3 is 68.5 Å². The van der Waals surface area contributed by atoms with E-state index in [-0.39, 0.29) is 42.6 Å². The van der Waals surface area contributed by atoms with Crippen molar-refractivity contribution in [3.05, 3.63) is 47.3 Å². The third kappa shape index (κ3) is 14.6. The van der Waals surface area contributed by atoms with Gasteiger partial charge in [-0.25, -0.2) is 17.5 Å². The molecule has 0 amide bonds. The zero-order chi connectivity index (χ0) is 57.1. The lowest BCUT2D eigenvalue weighted by Crippen LogP contribution is -2.61. The van der Waals surface area contributed by atoms with E-state index in [0.717, 1.165) is 5.56 Å². The number of benzene rings is 1. The Morgan fingerprint density at radius 2 is 1.65 bits per heavy atom. The minimum absolute atomic E-state index is 0.0747. The van der Waals surface area contributed by atoms with E-state index in [1.165, 1.54) is 25.8 Å². The minimum Gasteiger partial charge on any atom is -0.459 e. The summed E-state index contributed by atoms with van der Waals surface area (Å²) in [7, 11) is 3.62. The quantitative estimate of drug-likeness (QED) is 0.149. The van der Waals surface area contributed by atoms with Crippen LogP contribution in [0.3, 0.4) is 0 Å². The number of methoxy groups -OCH3 is 2. The lowest BCUT2D eigenvalue weighted by atomic mass is 9.77. The molecule has 77 heavy (non-hydrogen) atoms. The topological polar surface area (TPSA) is 254 Å². The number of halogens is 1. The summed E-state index contributed by atoms with van der Waals surface area (Å²) in [6, 6.07) is 5.48. The summed E-state index contributed by atoms with van der Waals surface area (Å²) in [6.07, 6.45) is -7.71. The van der Waals surface area contributed by atoms with Gasteiger partial charge in [0.15, 0.2) is 22.4 Å². The molecule has 21 atom stereocenters. The molecule has 22 heteroatoms. The molecule has 1 aromatic carbocycles. The molecule has 6 rings (SSSR count). The van der Waals surface area contributed by atoms with E-state index in [1.54, 1.807) is 54.7 Å². The molecule has 0 bridgehead atoms. The number of carbonyl (C=O) groups is 1. The van der Waals surface area contributed by atoms with Gasteiger partial charge in [-0.05, 0) is 111 Å². The number of nitrogens with zero attached hydrogens (tertiary/aromatic N) is 5. The van der Waals surface area contributed by atoms with E-state index in [1.807, 2.05) is 62.0 Å². The highest BCUT2D eigenvalue weighted by Gasteiger charge is 2.53. The smallest absolute Gasteiger partial charge is 0.311 e. The van der Waals surface area contributed by atoms with Crippen molar-refractivity contribution < 1.29 is 76.3 Å². The summed E-state index contributed by atoms with van der Waals surface area (Å²) in [5.74, 6) is -2.72. The number of carbonyl (C=O) groups excluding carboxylic acids is 1. The Hall–Kier alpha value is -2.81. The number of likely N-dealkylation sites (N-methyl/N-ethyl adjacent to an activating group) is 2. The van der Waals surface area contributed by atoms with Gasteiger partial charge in [0.2, 0.25) is 0 Å². The van der Waals surface area contributed by atoms with Crippen molar-refractivity contribution in [1.29, 1.82) is 0 Å². The Balaban J connectivity index is 1.24. The van der Waals surface area contributed by atoms with Crippen molar-refractivity contribution in [1.82, 2.24) is 24.8 Å². The van der Waals surface area contributed by atoms with E-state index >= 15 is 0 Å². The number of hydrogen-bond acceptors (Lipinski definition) is 19. The van der Waals surface area contributed by atoms with Crippen LogP contribution in [0.1, 0.15) is 136 Å². The van der Waals surface area contributed by atoms with Gasteiger partial charge in [0.1, 0.15) is 48.8 Å². The second-order valence-electron chi connectivity index (χ2n) is 23.8. The Morgan fingerprint density at radius 1 is 0.974 bits per heavy atom. The number of alkyl halides is 1. The number of rotatable bonds is 16. The highest BCUT2D eigenvalue weighted by atomic mass is 32.2. The number of sulfone groups is 1. The number of esters is 1. The number of aliphatic hydroxyl groups is 5. The van der Waals surface area contributed by atoms with Gasteiger partial charge >= 0.3 is 5.97 Å². The first-order chi connectivity index (χ1) is 36.0. The highest BCUT2D eigenvalue weighted by Crippen LogP contribution is 2.41. The van der Waals surface area contributed by atoms with Crippen LogP contribution in [0.25, 0.3) is 0 Å². The minimum atomic E-state index is -3.06. The summed E-state index contributed by atoms with van der Waals surface area (Å²) < 4.78 is 84.7. The maximum Gasteiger partial charge on any atom is 0.311 e. The Bertz CT molecular complexity index is 2310. The van der Waals surface area contributed by atoms with E-state index in [2.05, 4.69) is 10.3 Å². The van der Waals surface area contributed by atoms with Gasteiger partial charge in [0.25, 0.3) is 0 Å². The van der Waals surface area contributed by atoms with Crippen LogP contribution in [0.5, 0.6) is 0 Å². The molecule has 4 aliphatic heterocycles. The fraction of sp³-hybridized carbons (Fsp3) is 0.836. The Morgan fingerprint density at radius 3 is 2.25 bits per heavy atom. The molecule has 5 N–H and O–H groups in total. The Kier molecular flexibility index (Phi) is 21.4. The molecule has 0 aliphatic carbocycles. The lowest BCUT2D eigenvalue weighted by molar-refractivity contribution is -0.318. The van der Waals surface area contributed by atoms with Gasteiger partial charge in [-0.3, -0.25) is 4.79 Å². The molecule has 4 saturated heterocycles. The van der Waals surface area contributed by atoms with E-state index in [4.69, 9.17) is 33.2 Å². The van der Waals surface area contributed by atoms with Crippen LogP contribution in [0.4, 0.5) is 4.39 Å². The van der Waals surface area contributed by atoms with Gasteiger partial charge in [0.05, 0.1) is 58.7 Å². The molecule has 0 saturated carbocycles. The molecular formula is C55H92FN5O15S. The van der Waals surface area contributed by atoms with Crippen molar-refractivity contribution in [2.24, 2.45) is 17.8 Å². The number of hydrogen-bond donors (Lipinski definition) is 5. The maximum absolute atomic E-state index is 14.9. The van der Waals surface area contributed by atoms with Crippen molar-refractivity contribution >= 4 is 15.8 Å². The fourth-order valence-electron chi connectivity index (χ4n) is 12.5. The van der Waals surface area contributed by atoms with Crippen LogP contribution in [-0.2, 0) is 54.2 Å². The second-order valence-corrected chi connectivity index (χ2v) is 26.0. The molecule has 1 unspecified atom stereocenters. The summed E-state index contributed by atoms with van der Waals surface area (Å²) >= 11 is 0. The molecule has 0 spiro atoms. The van der Waals surface area contributed by atoms with Gasteiger partial charge in [-0.1, -0.05) is 50.3 Å². The molecule has 5 heterocycles. The molecular weight excluding hydrogens is 1020 g/mol. The van der Waals surface area contributed by atoms with Crippen LogP contribution in [0.2, 0.25) is 0 Å². The van der Waals surface area contributed by atoms with Crippen LogP contribution in [-0.4, -0.2) is 215 Å². The normalized spacial score (nSPS) is 40.9. The first-order valence-electron chi connectivity index (χ1n) is 27.6. The fourth-order valence-corrected chi connectivity index (χ4v) is 14.3. The first-order valence-corrected chi connectivity index (χ1v) is 29.4. The molecule has 20 nitrogen and oxygen atoms in total. The molecule has 1 aromatic heterocycles. The third-order valence-corrected chi connectivity index (χ3v) is 19.2. The second kappa shape index (κ2) is 26.0. The number of ether oxygens (including phenoxy) is 7. The first kappa shape index (κ1) is 63.4. The molecule has 4 aliphatic rings. The number of aromatic nitrogens is 3. The van der Waals surface area contributed by atoms with E-state index in [9.17, 15) is 43.1 Å². The highest BCUT2D eigenvalue weighted by molar-refractivity contribution is 7.91. The molecule has 440 valence electrons. The summed E-state index contributed by atoms with van der Waals surface area (Å²) in [4.78, 5) is 18.4. The summed E-state index contributed by atoms with van der Waals surface area (Å²) in [5.41, 5.74) is -2.42. The van der Waals surface area contributed by atoms with Crippen molar-refractivity contribution in [2.45, 2.75) is 216 Å². The lowest BCUT2D eigenvalue weighted by Gasteiger charge is -2.49. The van der Waals surface area contributed by atoms with E-state index < -0.39 is 137 Å². The van der Waals surface area contributed by atoms with Crippen molar-refractivity contribution in [3.8, 4) is 0 Å². The number of aliphatic hydroxyl groups excluding tert-OH is 3. The predicted molar refractivity (Wildman–Crippen MR) is 284 cm³/mol. The van der Waals surface area contributed by atoms with Gasteiger partial charge in [-0.15, -0.1) is 5.10 Å². The third-order valence-electron chi connectivity index (χ3n) is 17.5. The average molecular weight is 1110 g/mol. The monoisotopic (exact) mass is 1110 g/mol. The largest absolute Gasteiger partial charge is 0.459 e. The van der Waals surface area contributed by atoms with Crippen molar-refractivity contribution in [3.63, 3.8) is 0 Å². The van der Waals surface area contributed by atoms with Crippen molar-refractivity contribution in [2.75, 3.05) is 59.6 Å². The molecule has 0 radical (unpaired) electrons. The zero-order valence-electron chi connectivity index (χ0n) is 47.9. The van der Waals surface area contributed by atoms with Crippen LogP contribution in [0.15, 0.2) is 30.5 Å². The Labute approximate surface area is 456 Å². The maximum atomic E-state index is 14.9. The standard InChI is InChI=1S/C55H92FN5O15S/c1-15-43-55(10,67)48(63)35(6)60(12)28-31(2)25-53(8,66)50(33(4)46(34(5)51(65)74-43)75-44-26-54(9,71-14)49(64)36(7)73-44)76-52-45(62)41(24-32(3)72-52)59(11)22-20-40-29-61(58-57-40)42(27-56)47(70-13)38-18-16-37(17-19-38)39-21-23-77(68,69)30-39/h16-19,29,31-36,39,41-50,52,62-64,66-67H,15,20-28,30H2,1-14H3/t31-,32-,33+,34-,35-,36+,39?,41+,42+,43-,44+,45-,46+,47-,48-,49+,50-,52+,53-,54-,55-/m1/s1. The average Bonchev–Trinajstić information content (AvgIpc) is 4.01. The van der Waals surface area contributed by atoms with Crippen LogP contribution < -0.4 is 0 Å². The van der Waals surface area contributed by atoms with Crippen LogP contribution >= 0.6 is 0 Å². The predicted octanol–water partition coefficient (Wildman–Crippen LogP) is 3.91. The van der Waals surface area contributed by atoms with E-state index in [0.29, 0.717) is 43.6 Å². The van der Waals surface area contributed by atoms with Gasteiger partial charge in [-0.2, -0.15) is 0 Å². The molecule has 2 aromatic rings. The summed E-state index contributed by atoms with van der Waals surface area (Å²) in [6.45, 7) is 17.3. The zero-order valence-corrected chi connectivity index (χ0v) is 48.7. The van der Waals surface area contributed by atoms with Gasteiger partial charge in [0, 0.05) is 64.3 Å². The number of cyclic esters (lactones) is 1.